The first-order valence-electron chi connectivity index (χ1n) is 14.0. The monoisotopic (exact) mass is 553 g/mol. The summed E-state index contributed by atoms with van der Waals surface area (Å²) >= 11 is 0. The number of hydrogen-bond donors (Lipinski definition) is 4. The maximum absolute atomic E-state index is 10.9. The van der Waals surface area contributed by atoms with E-state index in [1.165, 1.54) is 18.6 Å². The van der Waals surface area contributed by atoms with E-state index in [2.05, 4.69) is 28.4 Å². The Bertz CT molecular complexity index is 1650. The molecule has 0 radical (unpaired) electrons. The average Bonchev–Trinajstić information content (AvgIpc) is 3.35. The minimum atomic E-state index is -0.148. The second-order valence-corrected chi connectivity index (χ2v) is 10.5. The predicted molar refractivity (Wildman–Crippen MR) is 159 cm³/mol. The molecule has 0 amide bonds. The Balaban J connectivity index is 1.74. The van der Waals surface area contributed by atoms with Gasteiger partial charge in [0.05, 0.1) is 11.1 Å². The molecule has 0 aliphatic carbocycles. The molecular weight excluding hydrogens is 518 g/mol. The van der Waals surface area contributed by atoms with Crippen molar-refractivity contribution < 1.29 is 20.4 Å². The second-order valence-electron chi connectivity index (χ2n) is 10.5. The van der Waals surface area contributed by atoms with Crippen molar-refractivity contribution in [1.29, 1.82) is 0 Å². The van der Waals surface area contributed by atoms with Crippen LogP contribution >= 0.6 is 0 Å². The van der Waals surface area contributed by atoms with Gasteiger partial charge in [0.25, 0.3) is 0 Å². The largest absolute Gasteiger partial charge is 0.508 e. The molecule has 0 bridgehead atoms. The van der Waals surface area contributed by atoms with E-state index >= 15 is 0 Å². The fourth-order valence-corrected chi connectivity index (χ4v) is 5.11. The van der Waals surface area contributed by atoms with Gasteiger partial charge in [-0.25, -0.2) is 19.9 Å². The van der Waals surface area contributed by atoms with Crippen LogP contribution in [0.2, 0.25) is 0 Å². The lowest BCUT2D eigenvalue weighted by Crippen LogP contribution is -2.09. The minimum absolute atomic E-state index is 0.0461. The van der Waals surface area contributed by atoms with E-state index in [0.29, 0.717) is 34.0 Å². The highest BCUT2D eigenvalue weighted by Crippen LogP contribution is 2.40. The van der Waals surface area contributed by atoms with Gasteiger partial charge in [-0.05, 0) is 62.6 Å². The van der Waals surface area contributed by atoms with Crippen molar-refractivity contribution in [2.75, 3.05) is 0 Å². The first-order valence-corrected chi connectivity index (χ1v) is 14.0. The Morgan fingerprint density at radius 1 is 0.756 bits per heavy atom. The maximum Gasteiger partial charge on any atom is 0.167 e. The van der Waals surface area contributed by atoms with Gasteiger partial charge in [0, 0.05) is 41.0 Å². The molecule has 3 heterocycles. The van der Waals surface area contributed by atoms with Crippen molar-refractivity contribution in [3.63, 3.8) is 0 Å². The highest BCUT2D eigenvalue weighted by atomic mass is 16.3. The number of benzene rings is 2. The number of aromatic hydroxyl groups is 4. The number of aromatic nitrogens is 5. The normalized spacial score (nSPS) is 12.2. The first kappa shape index (κ1) is 27.9. The number of phenolic OH excluding ortho intramolecular Hbond substituents is 4. The van der Waals surface area contributed by atoms with E-state index in [1.807, 2.05) is 18.3 Å². The fourth-order valence-electron chi connectivity index (χ4n) is 5.11. The van der Waals surface area contributed by atoms with Crippen LogP contribution in [-0.4, -0.2) is 44.9 Å². The molecule has 4 N–H and O–H groups in total. The zero-order chi connectivity index (χ0) is 29.3. The van der Waals surface area contributed by atoms with Crippen molar-refractivity contribution >= 4 is 11.0 Å². The molecule has 0 saturated carbocycles. The van der Waals surface area contributed by atoms with Crippen LogP contribution in [-0.2, 0) is 6.54 Å². The summed E-state index contributed by atoms with van der Waals surface area (Å²) in [5, 5.41) is 42.9. The summed E-state index contributed by atoms with van der Waals surface area (Å²) in [6, 6.07) is 9.91. The zero-order valence-corrected chi connectivity index (χ0v) is 23.8. The molecule has 1 unspecified atom stereocenters. The lowest BCUT2D eigenvalue weighted by Gasteiger charge is -2.15. The van der Waals surface area contributed by atoms with Gasteiger partial charge in [0.1, 0.15) is 28.6 Å². The van der Waals surface area contributed by atoms with Gasteiger partial charge in [-0.1, -0.05) is 33.1 Å². The van der Waals surface area contributed by atoms with Gasteiger partial charge in [-0.2, -0.15) is 0 Å². The quantitative estimate of drug-likeness (QED) is 0.155. The number of fused-ring (bicyclic) bond motifs is 1. The third kappa shape index (κ3) is 5.27. The van der Waals surface area contributed by atoms with E-state index in [0.717, 1.165) is 42.4 Å². The lowest BCUT2D eigenvalue weighted by molar-refractivity contribution is 0.395. The van der Waals surface area contributed by atoms with Gasteiger partial charge in [-0.15, -0.1) is 0 Å². The molecule has 212 valence electrons. The summed E-state index contributed by atoms with van der Waals surface area (Å²) in [5.74, 6) is 0.808. The molecule has 9 heteroatoms. The smallest absolute Gasteiger partial charge is 0.167 e. The maximum atomic E-state index is 10.9. The third-order valence-electron chi connectivity index (χ3n) is 7.79. The van der Waals surface area contributed by atoms with E-state index in [4.69, 9.17) is 9.97 Å². The van der Waals surface area contributed by atoms with Crippen molar-refractivity contribution in [3.8, 4) is 57.2 Å². The molecule has 3 aromatic heterocycles. The van der Waals surface area contributed by atoms with Gasteiger partial charge in [0.15, 0.2) is 17.5 Å². The SMILES string of the molecule is CCCCC(CC)Cn1cc(-c2nc(-c3ccc(O)c(C)c3O)nc(-c3ccc(O)c(C)c3O)n2)c2cccnc21. The van der Waals surface area contributed by atoms with Crippen LogP contribution < -0.4 is 0 Å². The predicted octanol–water partition coefficient (Wildman–Crippen LogP) is 6.88. The highest BCUT2D eigenvalue weighted by Gasteiger charge is 2.22. The zero-order valence-electron chi connectivity index (χ0n) is 23.8. The van der Waals surface area contributed by atoms with Gasteiger partial charge in [0.2, 0.25) is 0 Å². The molecule has 1 atom stereocenters. The molecule has 0 fully saturated rings. The molecule has 41 heavy (non-hydrogen) atoms. The Labute approximate surface area is 238 Å². The second kappa shape index (κ2) is 11.4. The summed E-state index contributed by atoms with van der Waals surface area (Å²) in [5.41, 5.74) is 2.79. The summed E-state index contributed by atoms with van der Waals surface area (Å²) in [7, 11) is 0. The molecule has 9 nitrogen and oxygen atoms in total. The van der Waals surface area contributed by atoms with E-state index in [9.17, 15) is 20.4 Å². The highest BCUT2D eigenvalue weighted by molar-refractivity contribution is 5.92. The molecule has 2 aromatic carbocycles. The Morgan fingerprint density at radius 2 is 1.32 bits per heavy atom. The molecule has 0 aliphatic heterocycles. The number of hydrogen-bond acceptors (Lipinski definition) is 8. The molecule has 0 saturated heterocycles. The Hall–Kier alpha value is -4.66. The first-order chi connectivity index (χ1) is 19.7. The molecule has 5 rings (SSSR count). The number of phenols is 4. The number of nitrogens with zero attached hydrogens (tertiary/aromatic N) is 5. The number of rotatable bonds is 9. The number of pyridine rings is 1. The summed E-state index contributed by atoms with van der Waals surface area (Å²) in [4.78, 5) is 18.9. The van der Waals surface area contributed by atoms with Gasteiger partial charge < -0.3 is 25.0 Å². The summed E-state index contributed by atoms with van der Waals surface area (Å²) in [6.07, 6.45) is 8.29. The van der Waals surface area contributed by atoms with Gasteiger partial charge in [-0.3, -0.25) is 0 Å². The van der Waals surface area contributed by atoms with E-state index < -0.39 is 0 Å². The summed E-state index contributed by atoms with van der Waals surface area (Å²) < 4.78 is 2.15. The topological polar surface area (TPSA) is 137 Å². The molecule has 0 aliphatic rings. The van der Waals surface area contributed by atoms with E-state index in [-0.39, 0.29) is 34.6 Å². The van der Waals surface area contributed by atoms with Gasteiger partial charge >= 0.3 is 0 Å². The van der Waals surface area contributed by atoms with Crippen LogP contribution in [0.1, 0.15) is 50.7 Å². The summed E-state index contributed by atoms with van der Waals surface area (Å²) in [6.45, 7) is 8.44. The molecular formula is C32H35N5O4. The minimum Gasteiger partial charge on any atom is -0.508 e. The Kier molecular flexibility index (Phi) is 7.79. The molecule has 5 aromatic rings. The third-order valence-corrected chi connectivity index (χ3v) is 7.79. The van der Waals surface area contributed by atoms with Crippen LogP contribution in [0.25, 0.3) is 45.2 Å². The Morgan fingerprint density at radius 3 is 1.85 bits per heavy atom. The van der Waals surface area contributed by atoms with Crippen molar-refractivity contribution in [2.24, 2.45) is 5.92 Å². The number of unbranched alkanes of at least 4 members (excludes halogenated alkanes) is 1. The van der Waals surface area contributed by atoms with E-state index in [1.54, 1.807) is 32.2 Å². The van der Waals surface area contributed by atoms with Crippen LogP contribution in [0.4, 0.5) is 0 Å². The van der Waals surface area contributed by atoms with Crippen LogP contribution in [0.15, 0.2) is 48.8 Å². The lowest BCUT2D eigenvalue weighted by atomic mass is 9.99. The van der Waals surface area contributed by atoms with Crippen LogP contribution in [0.3, 0.4) is 0 Å². The van der Waals surface area contributed by atoms with Crippen molar-refractivity contribution in [2.45, 2.75) is 59.9 Å². The fraction of sp³-hybridized carbons (Fsp3) is 0.312. The van der Waals surface area contributed by atoms with Crippen molar-refractivity contribution in [1.82, 2.24) is 24.5 Å². The standard InChI is InChI=1S/C32H35N5O4/c1-5-7-9-20(6-2)16-37-17-24(21-10-8-15-33-32(21)37)31-35-29(22-11-13-25(38)18(3)27(22)40)34-30(36-31)23-12-14-26(39)19(4)28(23)41/h8,10-15,17,20,38-41H,5-7,9,16H2,1-4H3. The van der Waals surface area contributed by atoms with Crippen LogP contribution in [0.5, 0.6) is 23.0 Å². The average molecular weight is 554 g/mol. The van der Waals surface area contributed by atoms with Crippen LogP contribution in [0, 0.1) is 19.8 Å². The van der Waals surface area contributed by atoms with Crippen molar-refractivity contribution in [3.05, 3.63) is 59.9 Å². The molecule has 0 spiro atoms.